The van der Waals surface area contributed by atoms with Crippen molar-refractivity contribution >= 4 is 22.4 Å². The molecule has 1 aromatic rings. The topological polar surface area (TPSA) is 53.4 Å². The highest BCUT2D eigenvalue weighted by atomic mass is 32.1. The average molecular weight is 254 g/mol. The third-order valence-electron chi connectivity index (χ3n) is 3.24. The van der Waals surface area contributed by atoms with E-state index in [2.05, 4.69) is 16.8 Å². The van der Waals surface area contributed by atoms with Gasteiger partial charge in [-0.3, -0.25) is 0 Å². The van der Waals surface area contributed by atoms with Crippen LogP contribution in [0.1, 0.15) is 41.6 Å². The molecule has 1 saturated heterocycles. The molecule has 1 aliphatic heterocycles. The molecule has 5 heteroatoms. The molecule has 1 N–H and O–H groups in total. The van der Waals surface area contributed by atoms with E-state index < -0.39 is 5.97 Å². The lowest BCUT2D eigenvalue weighted by Gasteiger charge is -2.14. The summed E-state index contributed by atoms with van der Waals surface area (Å²) in [6, 6.07) is 0. The minimum absolute atomic E-state index is 0.212. The van der Waals surface area contributed by atoms with E-state index in [1.165, 1.54) is 30.6 Å². The van der Waals surface area contributed by atoms with Crippen LogP contribution < -0.4 is 4.90 Å². The molecule has 1 unspecified atom stereocenters. The van der Waals surface area contributed by atoms with Gasteiger partial charge < -0.3 is 10.0 Å². The van der Waals surface area contributed by atoms with Crippen molar-refractivity contribution in [2.75, 3.05) is 18.0 Å². The van der Waals surface area contributed by atoms with Crippen molar-refractivity contribution in [1.82, 2.24) is 4.98 Å². The minimum atomic E-state index is -0.922. The first kappa shape index (κ1) is 12.4. The molecular formula is C12H18N2O2S. The molecule has 0 radical (unpaired) electrons. The van der Waals surface area contributed by atoms with Gasteiger partial charge in [-0.05, 0) is 25.7 Å². The van der Waals surface area contributed by atoms with Crippen LogP contribution in [0.25, 0.3) is 0 Å². The minimum Gasteiger partial charge on any atom is -0.476 e. The molecular weight excluding hydrogens is 236 g/mol. The van der Waals surface area contributed by atoms with Gasteiger partial charge in [0.1, 0.15) is 0 Å². The fraction of sp³-hybridized carbons (Fsp3) is 0.667. The van der Waals surface area contributed by atoms with E-state index in [9.17, 15) is 4.79 Å². The first-order chi connectivity index (χ1) is 8.11. The van der Waals surface area contributed by atoms with Crippen LogP contribution in [-0.2, 0) is 0 Å². The highest BCUT2D eigenvalue weighted by Crippen LogP contribution is 2.31. The number of aromatic carboxylic acids is 1. The fourth-order valence-corrected chi connectivity index (χ4v) is 3.30. The lowest BCUT2D eigenvalue weighted by molar-refractivity contribution is 0.0690. The van der Waals surface area contributed by atoms with Crippen LogP contribution in [0.5, 0.6) is 0 Å². The Morgan fingerprint density at radius 1 is 1.65 bits per heavy atom. The number of rotatable bonds is 4. The van der Waals surface area contributed by atoms with Crippen LogP contribution in [0.2, 0.25) is 0 Å². The fourth-order valence-electron chi connectivity index (χ4n) is 2.37. The lowest BCUT2D eigenvalue weighted by atomic mass is 10.0. The third-order valence-corrected chi connectivity index (χ3v) is 4.27. The van der Waals surface area contributed by atoms with Crippen LogP contribution in [-0.4, -0.2) is 29.1 Å². The van der Waals surface area contributed by atoms with Crippen molar-refractivity contribution < 1.29 is 9.90 Å². The molecule has 0 aromatic carbocycles. The molecule has 1 aliphatic rings. The normalized spacial score (nSPS) is 19.9. The summed E-state index contributed by atoms with van der Waals surface area (Å²) in [5.41, 5.74) is 0.212. The summed E-state index contributed by atoms with van der Waals surface area (Å²) in [5.74, 6) is -0.174. The van der Waals surface area contributed by atoms with E-state index in [0.29, 0.717) is 0 Å². The number of nitrogens with zero attached hydrogens (tertiary/aromatic N) is 2. The van der Waals surface area contributed by atoms with E-state index in [0.717, 1.165) is 29.0 Å². The van der Waals surface area contributed by atoms with Gasteiger partial charge in [0.15, 0.2) is 10.8 Å². The molecule has 0 amide bonds. The van der Waals surface area contributed by atoms with E-state index in [1.54, 1.807) is 0 Å². The zero-order chi connectivity index (χ0) is 12.4. The average Bonchev–Trinajstić information content (AvgIpc) is 2.85. The van der Waals surface area contributed by atoms with Crippen LogP contribution in [0.3, 0.4) is 0 Å². The molecule has 94 valence electrons. The van der Waals surface area contributed by atoms with Crippen LogP contribution in [0.4, 0.5) is 5.13 Å². The molecule has 1 aromatic heterocycles. The third kappa shape index (κ3) is 2.60. The van der Waals surface area contributed by atoms with Gasteiger partial charge in [-0.15, -0.1) is 11.3 Å². The summed E-state index contributed by atoms with van der Waals surface area (Å²) in [6.07, 6.45) is 3.68. The number of thiazole rings is 1. The van der Waals surface area contributed by atoms with Crippen molar-refractivity contribution in [2.24, 2.45) is 5.92 Å². The Bertz CT molecular complexity index is 417. The van der Waals surface area contributed by atoms with Crippen molar-refractivity contribution in [2.45, 2.75) is 33.1 Å². The van der Waals surface area contributed by atoms with Gasteiger partial charge in [0.05, 0.1) is 0 Å². The number of aromatic nitrogens is 1. The zero-order valence-electron chi connectivity index (χ0n) is 10.3. The van der Waals surface area contributed by atoms with Crippen molar-refractivity contribution in [1.29, 1.82) is 0 Å². The SMILES string of the molecule is CCCC1CCN(c2nc(C(=O)O)c(C)s2)C1. The molecule has 2 rings (SSSR count). The number of hydrogen-bond acceptors (Lipinski definition) is 4. The standard InChI is InChI=1S/C12H18N2O2S/c1-3-4-9-5-6-14(7-9)12-13-10(11(15)16)8(2)17-12/h9H,3-7H2,1-2H3,(H,15,16). The lowest BCUT2D eigenvalue weighted by Crippen LogP contribution is -2.19. The first-order valence-electron chi connectivity index (χ1n) is 6.07. The predicted molar refractivity (Wildman–Crippen MR) is 69.0 cm³/mol. The van der Waals surface area contributed by atoms with E-state index in [1.807, 2.05) is 6.92 Å². The second kappa shape index (κ2) is 5.04. The van der Waals surface area contributed by atoms with E-state index in [4.69, 9.17) is 5.11 Å². The van der Waals surface area contributed by atoms with Gasteiger partial charge in [0.2, 0.25) is 0 Å². The van der Waals surface area contributed by atoms with Crippen LogP contribution in [0, 0.1) is 12.8 Å². The number of carboxylic acids is 1. The van der Waals surface area contributed by atoms with Gasteiger partial charge in [0.25, 0.3) is 0 Å². The molecule has 1 fully saturated rings. The maximum absolute atomic E-state index is 10.9. The Kier molecular flexibility index (Phi) is 3.66. The summed E-state index contributed by atoms with van der Waals surface area (Å²) in [7, 11) is 0. The maximum atomic E-state index is 10.9. The number of aryl methyl sites for hydroxylation is 1. The molecule has 2 heterocycles. The van der Waals surface area contributed by atoms with Crippen molar-refractivity contribution in [3.63, 3.8) is 0 Å². The second-order valence-electron chi connectivity index (χ2n) is 4.60. The monoisotopic (exact) mass is 254 g/mol. The van der Waals surface area contributed by atoms with E-state index >= 15 is 0 Å². The Hall–Kier alpha value is -1.10. The number of carbonyl (C=O) groups is 1. The van der Waals surface area contributed by atoms with Crippen molar-refractivity contribution in [3.8, 4) is 0 Å². The number of hydrogen-bond donors (Lipinski definition) is 1. The Morgan fingerprint density at radius 3 is 3.00 bits per heavy atom. The van der Waals surface area contributed by atoms with Gasteiger partial charge in [-0.2, -0.15) is 0 Å². The highest BCUT2D eigenvalue weighted by Gasteiger charge is 2.25. The first-order valence-corrected chi connectivity index (χ1v) is 6.89. The second-order valence-corrected chi connectivity index (χ2v) is 5.78. The Balaban J connectivity index is 2.09. The molecule has 0 aliphatic carbocycles. The highest BCUT2D eigenvalue weighted by molar-refractivity contribution is 7.15. The number of anilines is 1. The predicted octanol–water partition coefficient (Wildman–Crippen LogP) is 2.78. The molecule has 17 heavy (non-hydrogen) atoms. The summed E-state index contributed by atoms with van der Waals surface area (Å²) < 4.78 is 0. The number of carboxylic acid groups (broad SMARTS) is 1. The largest absolute Gasteiger partial charge is 0.476 e. The molecule has 4 nitrogen and oxygen atoms in total. The molecule has 0 bridgehead atoms. The smallest absolute Gasteiger partial charge is 0.355 e. The van der Waals surface area contributed by atoms with Gasteiger partial charge in [0, 0.05) is 18.0 Å². The van der Waals surface area contributed by atoms with E-state index in [-0.39, 0.29) is 5.69 Å². The summed E-state index contributed by atoms with van der Waals surface area (Å²) in [4.78, 5) is 18.2. The molecule has 0 spiro atoms. The zero-order valence-corrected chi connectivity index (χ0v) is 11.1. The van der Waals surface area contributed by atoms with Gasteiger partial charge in [-0.25, -0.2) is 9.78 Å². The summed E-state index contributed by atoms with van der Waals surface area (Å²) in [5, 5.41) is 9.86. The summed E-state index contributed by atoms with van der Waals surface area (Å²) in [6.45, 7) is 6.07. The quantitative estimate of drug-likeness (QED) is 0.897. The van der Waals surface area contributed by atoms with Crippen molar-refractivity contribution in [3.05, 3.63) is 10.6 Å². The summed E-state index contributed by atoms with van der Waals surface area (Å²) >= 11 is 1.49. The Morgan fingerprint density at radius 2 is 2.41 bits per heavy atom. The van der Waals surface area contributed by atoms with Gasteiger partial charge >= 0.3 is 5.97 Å². The molecule has 1 atom stereocenters. The van der Waals surface area contributed by atoms with Crippen LogP contribution >= 0.6 is 11.3 Å². The Labute approximate surface area is 105 Å². The molecule has 0 saturated carbocycles. The van der Waals surface area contributed by atoms with Gasteiger partial charge in [-0.1, -0.05) is 13.3 Å². The van der Waals surface area contributed by atoms with Crippen LogP contribution in [0.15, 0.2) is 0 Å². The maximum Gasteiger partial charge on any atom is 0.355 e.